The first-order chi connectivity index (χ1) is 15.8. The second-order valence-electron chi connectivity index (χ2n) is 9.91. The molecule has 3 N–H and O–H groups in total. The summed E-state index contributed by atoms with van der Waals surface area (Å²) in [6, 6.07) is 19.7. The summed E-state index contributed by atoms with van der Waals surface area (Å²) in [6.07, 6.45) is 1.48. The average Bonchev–Trinajstić information content (AvgIpc) is 2.82. The van der Waals surface area contributed by atoms with Crippen LogP contribution < -0.4 is 11.1 Å². The van der Waals surface area contributed by atoms with Crippen LogP contribution in [0.5, 0.6) is 0 Å². The van der Waals surface area contributed by atoms with Gasteiger partial charge in [0, 0.05) is 44.8 Å². The summed E-state index contributed by atoms with van der Waals surface area (Å²) >= 11 is 0. The predicted octanol–water partition coefficient (Wildman–Crippen LogP) is 3.88. The van der Waals surface area contributed by atoms with Gasteiger partial charge < -0.3 is 16.0 Å². The summed E-state index contributed by atoms with van der Waals surface area (Å²) in [6.45, 7) is 14.7. The number of carbonyl (C=O) groups is 1. The van der Waals surface area contributed by atoms with Gasteiger partial charge in [-0.15, -0.1) is 0 Å². The van der Waals surface area contributed by atoms with Crippen molar-refractivity contribution in [1.82, 2.24) is 15.1 Å². The van der Waals surface area contributed by atoms with E-state index in [1.807, 2.05) is 6.07 Å². The molecule has 1 aliphatic heterocycles. The Kier molecular flexibility index (Phi) is 9.07. The van der Waals surface area contributed by atoms with E-state index in [4.69, 9.17) is 5.73 Å². The Morgan fingerprint density at radius 2 is 1.52 bits per heavy atom. The molecule has 5 heteroatoms. The smallest absolute Gasteiger partial charge is 0.228 e. The fourth-order valence-corrected chi connectivity index (χ4v) is 5.13. The highest BCUT2D eigenvalue weighted by molar-refractivity contribution is 5.87. The molecule has 1 unspecified atom stereocenters. The molecular weight excluding hydrogens is 408 g/mol. The van der Waals surface area contributed by atoms with E-state index in [-0.39, 0.29) is 5.91 Å². The number of amides is 1. The van der Waals surface area contributed by atoms with Crippen molar-refractivity contribution in [3.8, 4) is 11.1 Å². The summed E-state index contributed by atoms with van der Waals surface area (Å²) in [5.41, 5.74) is 8.92. The predicted molar refractivity (Wildman–Crippen MR) is 138 cm³/mol. The van der Waals surface area contributed by atoms with Crippen LogP contribution in [0.15, 0.2) is 54.6 Å². The lowest BCUT2D eigenvalue weighted by Crippen LogP contribution is -2.50. The SMILES string of the molecule is CC(C)N(CCC(CCN1CCNCC1)(C(N)=O)c1ccc(-c2ccccc2)cc1)C(C)C. The van der Waals surface area contributed by atoms with Gasteiger partial charge in [-0.2, -0.15) is 0 Å². The number of nitrogens with zero attached hydrogens (tertiary/aromatic N) is 2. The third-order valence-electron chi connectivity index (χ3n) is 7.20. The second-order valence-corrected chi connectivity index (χ2v) is 9.91. The Labute approximate surface area is 200 Å². The van der Waals surface area contributed by atoms with Crippen molar-refractivity contribution in [2.75, 3.05) is 39.3 Å². The van der Waals surface area contributed by atoms with Crippen LogP contribution in [0.1, 0.15) is 46.1 Å². The molecule has 0 aliphatic carbocycles. The van der Waals surface area contributed by atoms with Gasteiger partial charge in [0.05, 0.1) is 5.41 Å². The van der Waals surface area contributed by atoms with E-state index in [1.165, 1.54) is 5.56 Å². The van der Waals surface area contributed by atoms with Crippen LogP contribution in [0.4, 0.5) is 0 Å². The Morgan fingerprint density at radius 3 is 2.06 bits per heavy atom. The lowest BCUT2D eigenvalue weighted by atomic mass is 9.73. The molecule has 1 aliphatic rings. The van der Waals surface area contributed by atoms with Crippen molar-refractivity contribution < 1.29 is 4.79 Å². The molecule has 2 aromatic rings. The molecule has 0 aromatic heterocycles. The molecule has 1 amide bonds. The van der Waals surface area contributed by atoms with Crippen molar-refractivity contribution in [3.63, 3.8) is 0 Å². The number of rotatable bonds is 11. The van der Waals surface area contributed by atoms with E-state index in [9.17, 15) is 4.79 Å². The molecule has 1 saturated heterocycles. The normalized spacial score (nSPS) is 16.9. The number of carbonyl (C=O) groups excluding carboxylic acids is 1. The van der Waals surface area contributed by atoms with Crippen molar-refractivity contribution in [2.45, 2.75) is 58.0 Å². The summed E-state index contributed by atoms with van der Waals surface area (Å²) in [5, 5.41) is 3.41. The van der Waals surface area contributed by atoms with Crippen LogP contribution in [0.2, 0.25) is 0 Å². The maximum absolute atomic E-state index is 13.2. The van der Waals surface area contributed by atoms with E-state index in [2.05, 4.69) is 91.3 Å². The van der Waals surface area contributed by atoms with E-state index in [1.54, 1.807) is 0 Å². The van der Waals surface area contributed by atoms with Crippen molar-refractivity contribution >= 4 is 5.91 Å². The van der Waals surface area contributed by atoms with Crippen LogP contribution in [0.3, 0.4) is 0 Å². The Balaban J connectivity index is 1.90. The molecule has 1 heterocycles. The second kappa shape index (κ2) is 11.8. The van der Waals surface area contributed by atoms with Gasteiger partial charge in [0.2, 0.25) is 5.91 Å². The monoisotopic (exact) mass is 450 g/mol. The zero-order valence-corrected chi connectivity index (χ0v) is 20.9. The number of nitrogens with one attached hydrogen (secondary N) is 1. The summed E-state index contributed by atoms with van der Waals surface area (Å²) < 4.78 is 0. The maximum Gasteiger partial charge on any atom is 0.228 e. The highest BCUT2D eigenvalue weighted by Gasteiger charge is 2.39. The average molecular weight is 451 g/mol. The van der Waals surface area contributed by atoms with E-state index in [0.717, 1.165) is 63.2 Å². The molecule has 0 bridgehead atoms. The molecule has 1 fully saturated rings. The first-order valence-corrected chi connectivity index (χ1v) is 12.5. The molecule has 2 aromatic carbocycles. The fourth-order valence-electron chi connectivity index (χ4n) is 5.13. The van der Waals surface area contributed by atoms with Crippen LogP contribution >= 0.6 is 0 Å². The molecule has 5 nitrogen and oxygen atoms in total. The van der Waals surface area contributed by atoms with E-state index >= 15 is 0 Å². The van der Waals surface area contributed by atoms with Gasteiger partial charge in [0.15, 0.2) is 0 Å². The molecule has 0 radical (unpaired) electrons. The molecule has 0 spiro atoms. The first kappa shape index (κ1) is 25.4. The van der Waals surface area contributed by atoms with Crippen molar-refractivity contribution in [3.05, 3.63) is 60.2 Å². The highest BCUT2D eigenvalue weighted by Crippen LogP contribution is 2.34. The molecule has 33 heavy (non-hydrogen) atoms. The van der Waals surface area contributed by atoms with Gasteiger partial charge in [0.25, 0.3) is 0 Å². The quantitative estimate of drug-likeness (QED) is 0.545. The van der Waals surface area contributed by atoms with Crippen LogP contribution in [-0.2, 0) is 10.2 Å². The van der Waals surface area contributed by atoms with Crippen molar-refractivity contribution in [2.24, 2.45) is 5.73 Å². The van der Waals surface area contributed by atoms with Crippen LogP contribution in [0.25, 0.3) is 11.1 Å². The van der Waals surface area contributed by atoms with E-state index < -0.39 is 5.41 Å². The van der Waals surface area contributed by atoms with Gasteiger partial charge in [-0.3, -0.25) is 9.69 Å². The summed E-state index contributed by atoms with van der Waals surface area (Å²) in [4.78, 5) is 18.1. The van der Waals surface area contributed by atoms with Gasteiger partial charge in [-0.1, -0.05) is 54.6 Å². The standard InChI is InChI=1S/C28H42N4O/c1-22(2)32(23(3)4)19-15-28(27(29)33,14-18-31-20-16-30-17-21-31)26-12-10-25(11-13-26)24-8-6-5-7-9-24/h5-13,22-23,30H,14-21H2,1-4H3,(H2,29,33). The molecular formula is C28H42N4O. The largest absolute Gasteiger partial charge is 0.369 e. The number of primary amides is 1. The Morgan fingerprint density at radius 1 is 0.939 bits per heavy atom. The molecule has 0 saturated carbocycles. The third-order valence-corrected chi connectivity index (χ3v) is 7.20. The molecule has 180 valence electrons. The number of piperazine rings is 1. The summed E-state index contributed by atoms with van der Waals surface area (Å²) in [5.74, 6) is -0.211. The van der Waals surface area contributed by atoms with Gasteiger partial charge in [-0.25, -0.2) is 0 Å². The minimum atomic E-state index is -0.678. The fraction of sp³-hybridized carbons (Fsp3) is 0.536. The van der Waals surface area contributed by atoms with Crippen LogP contribution in [0, 0.1) is 0 Å². The van der Waals surface area contributed by atoms with Gasteiger partial charge in [-0.05, 0) is 63.8 Å². The first-order valence-electron chi connectivity index (χ1n) is 12.5. The van der Waals surface area contributed by atoms with Gasteiger partial charge in [0.1, 0.15) is 0 Å². The molecule has 1 atom stereocenters. The number of hydrogen-bond acceptors (Lipinski definition) is 4. The number of benzene rings is 2. The lowest BCUT2D eigenvalue weighted by molar-refractivity contribution is -0.124. The minimum Gasteiger partial charge on any atom is -0.369 e. The van der Waals surface area contributed by atoms with Gasteiger partial charge >= 0.3 is 0 Å². The zero-order chi connectivity index (χ0) is 23.8. The number of nitrogens with two attached hydrogens (primary N) is 1. The Bertz CT molecular complexity index is 851. The minimum absolute atomic E-state index is 0.211. The van der Waals surface area contributed by atoms with Crippen LogP contribution in [-0.4, -0.2) is 67.1 Å². The Hall–Kier alpha value is -2.21. The van der Waals surface area contributed by atoms with E-state index in [0.29, 0.717) is 12.1 Å². The molecule has 3 rings (SSSR count). The highest BCUT2D eigenvalue weighted by atomic mass is 16.1. The number of hydrogen-bond donors (Lipinski definition) is 2. The van der Waals surface area contributed by atoms with Crippen molar-refractivity contribution in [1.29, 1.82) is 0 Å². The lowest BCUT2D eigenvalue weighted by Gasteiger charge is -2.38. The summed E-state index contributed by atoms with van der Waals surface area (Å²) in [7, 11) is 0. The third kappa shape index (κ3) is 6.44. The topological polar surface area (TPSA) is 61.6 Å². The zero-order valence-electron chi connectivity index (χ0n) is 20.9. The maximum atomic E-state index is 13.2.